The number of nitrogens with zero attached hydrogens (tertiary/aromatic N) is 1. The number of allylic oxidation sites excluding steroid dienone is 2. The highest BCUT2D eigenvalue weighted by Gasteiger charge is 2.32. The molecule has 3 heteroatoms. The summed E-state index contributed by atoms with van der Waals surface area (Å²) in [6.45, 7) is 6.13. The fourth-order valence-electron chi connectivity index (χ4n) is 2.80. The van der Waals surface area contributed by atoms with Gasteiger partial charge < -0.3 is 10.2 Å². The van der Waals surface area contributed by atoms with E-state index in [1.807, 2.05) is 0 Å². The molecule has 1 aliphatic heterocycles. The van der Waals surface area contributed by atoms with Crippen LogP contribution >= 0.6 is 0 Å². The van der Waals surface area contributed by atoms with Gasteiger partial charge >= 0.3 is 0 Å². The van der Waals surface area contributed by atoms with Crippen molar-refractivity contribution in [3.05, 3.63) is 12.2 Å². The van der Waals surface area contributed by atoms with E-state index in [4.69, 9.17) is 0 Å². The van der Waals surface area contributed by atoms with E-state index in [2.05, 4.69) is 36.2 Å². The maximum Gasteiger partial charge on any atom is 0.226 e. The van der Waals surface area contributed by atoms with Crippen LogP contribution in [0.5, 0.6) is 0 Å². The Morgan fingerprint density at radius 3 is 2.50 bits per heavy atom. The predicted molar refractivity (Wildman–Crippen MR) is 65.1 cm³/mol. The van der Waals surface area contributed by atoms with Gasteiger partial charge in [0.1, 0.15) is 0 Å². The summed E-state index contributed by atoms with van der Waals surface area (Å²) in [6.07, 6.45) is 7.37. The van der Waals surface area contributed by atoms with Crippen molar-refractivity contribution in [3.63, 3.8) is 0 Å². The topological polar surface area (TPSA) is 32.3 Å². The summed E-state index contributed by atoms with van der Waals surface area (Å²) in [7, 11) is 0. The summed E-state index contributed by atoms with van der Waals surface area (Å²) in [5, 5.41) is 3.36. The van der Waals surface area contributed by atoms with Crippen LogP contribution < -0.4 is 5.32 Å². The van der Waals surface area contributed by atoms with Gasteiger partial charge in [0.05, 0.1) is 0 Å². The molecule has 0 aromatic carbocycles. The SMILES string of the molecule is CC1CNCC(C)N1C(=O)C1CC=CCC1. The summed E-state index contributed by atoms with van der Waals surface area (Å²) in [6, 6.07) is 0.671. The van der Waals surface area contributed by atoms with E-state index < -0.39 is 0 Å². The van der Waals surface area contributed by atoms with Gasteiger partial charge in [-0.15, -0.1) is 0 Å². The summed E-state index contributed by atoms with van der Waals surface area (Å²) < 4.78 is 0. The van der Waals surface area contributed by atoms with E-state index in [1.165, 1.54) is 0 Å². The molecular weight excluding hydrogens is 200 g/mol. The minimum absolute atomic E-state index is 0.230. The van der Waals surface area contributed by atoms with E-state index in [0.717, 1.165) is 32.4 Å². The van der Waals surface area contributed by atoms with Crippen LogP contribution in [-0.2, 0) is 4.79 Å². The molecule has 1 aliphatic carbocycles. The monoisotopic (exact) mass is 222 g/mol. The van der Waals surface area contributed by atoms with Crippen molar-refractivity contribution < 1.29 is 4.79 Å². The van der Waals surface area contributed by atoms with Crippen LogP contribution in [0.25, 0.3) is 0 Å². The van der Waals surface area contributed by atoms with Gasteiger partial charge in [-0.05, 0) is 33.1 Å². The fraction of sp³-hybridized carbons (Fsp3) is 0.769. The first-order valence-electron chi connectivity index (χ1n) is 6.38. The molecule has 1 N–H and O–H groups in total. The lowest BCUT2D eigenvalue weighted by Gasteiger charge is -2.41. The van der Waals surface area contributed by atoms with Crippen LogP contribution in [0.3, 0.4) is 0 Å². The smallest absolute Gasteiger partial charge is 0.226 e. The Morgan fingerprint density at radius 1 is 1.25 bits per heavy atom. The summed E-state index contributed by atoms with van der Waals surface area (Å²) in [5.41, 5.74) is 0. The van der Waals surface area contributed by atoms with Crippen molar-refractivity contribution in [2.75, 3.05) is 13.1 Å². The zero-order chi connectivity index (χ0) is 11.5. The first kappa shape index (κ1) is 11.6. The molecule has 0 bridgehead atoms. The van der Waals surface area contributed by atoms with Gasteiger partial charge in [0.15, 0.2) is 0 Å². The lowest BCUT2D eigenvalue weighted by molar-refractivity contribution is -0.141. The first-order valence-corrected chi connectivity index (χ1v) is 6.38. The number of hydrogen-bond acceptors (Lipinski definition) is 2. The molecule has 1 amide bonds. The van der Waals surface area contributed by atoms with Gasteiger partial charge in [-0.2, -0.15) is 0 Å². The van der Waals surface area contributed by atoms with Crippen molar-refractivity contribution in [1.82, 2.24) is 10.2 Å². The molecule has 1 saturated heterocycles. The highest BCUT2D eigenvalue weighted by Crippen LogP contribution is 2.23. The molecule has 0 spiro atoms. The minimum Gasteiger partial charge on any atom is -0.334 e. The molecule has 0 aromatic rings. The first-order chi connectivity index (χ1) is 7.70. The van der Waals surface area contributed by atoms with Gasteiger partial charge in [0, 0.05) is 31.1 Å². The molecule has 2 aliphatic rings. The van der Waals surface area contributed by atoms with Crippen molar-refractivity contribution in [3.8, 4) is 0 Å². The Morgan fingerprint density at radius 2 is 1.94 bits per heavy atom. The normalized spacial score (nSPS) is 35.1. The number of amides is 1. The van der Waals surface area contributed by atoms with Crippen LogP contribution in [-0.4, -0.2) is 36.0 Å². The number of hydrogen-bond donors (Lipinski definition) is 1. The molecule has 0 aromatic heterocycles. The Bertz CT molecular complexity index is 278. The summed E-state index contributed by atoms with van der Waals surface area (Å²) >= 11 is 0. The maximum atomic E-state index is 12.4. The molecule has 1 fully saturated rings. The van der Waals surface area contributed by atoms with Crippen LogP contribution in [0.1, 0.15) is 33.1 Å². The van der Waals surface area contributed by atoms with Crippen molar-refractivity contribution in [2.45, 2.75) is 45.2 Å². The quantitative estimate of drug-likeness (QED) is 0.683. The highest BCUT2D eigenvalue weighted by atomic mass is 16.2. The average molecular weight is 222 g/mol. The Balaban J connectivity index is 2.04. The van der Waals surface area contributed by atoms with E-state index in [0.29, 0.717) is 18.0 Å². The Kier molecular flexibility index (Phi) is 3.64. The maximum absolute atomic E-state index is 12.4. The van der Waals surface area contributed by atoms with Gasteiger partial charge in [-0.25, -0.2) is 0 Å². The third-order valence-corrected chi connectivity index (χ3v) is 3.70. The lowest BCUT2D eigenvalue weighted by Crippen LogP contribution is -2.58. The molecule has 3 nitrogen and oxygen atoms in total. The van der Waals surface area contributed by atoms with Crippen molar-refractivity contribution in [2.24, 2.45) is 5.92 Å². The predicted octanol–water partition coefficient (Wildman–Crippen LogP) is 1.55. The molecular formula is C13H22N2O. The van der Waals surface area contributed by atoms with Gasteiger partial charge in [0.25, 0.3) is 0 Å². The standard InChI is InChI=1S/C13H22N2O/c1-10-8-14-9-11(2)15(10)13(16)12-6-4-3-5-7-12/h3-4,10-12,14H,5-9H2,1-2H3. The van der Waals surface area contributed by atoms with Gasteiger partial charge in [0.2, 0.25) is 5.91 Å². The second-order valence-corrected chi connectivity index (χ2v) is 5.08. The Hall–Kier alpha value is -0.830. The Labute approximate surface area is 97.9 Å². The number of rotatable bonds is 1. The third-order valence-electron chi connectivity index (χ3n) is 3.70. The van der Waals surface area contributed by atoms with Gasteiger partial charge in [-0.1, -0.05) is 12.2 Å². The number of piperazine rings is 1. The number of nitrogens with one attached hydrogen (secondary N) is 1. The van der Waals surface area contributed by atoms with E-state index in [1.54, 1.807) is 0 Å². The van der Waals surface area contributed by atoms with Gasteiger partial charge in [-0.3, -0.25) is 4.79 Å². The fourth-order valence-corrected chi connectivity index (χ4v) is 2.80. The second kappa shape index (κ2) is 5.00. The summed E-state index contributed by atoms with van der Waals surface area (Å²) in [5.74, 6) is 0.596. The largest absolute Gasteiger partial charge is 0.334 e. The number of carbonyl (C=O) groups excluding carboxylic acids is 1. The van der Waals surface area contributed by atoms with E-state index in [9.17, 15) is 4.79 Å². The molecule has 0 radical (unpaired) electrons. The highest BCUT2D eigenvalue weighted by molar-refractivity contribution is 5.80. The summed E-state index contributed by atoms with van der Waals surface area (Å²) in [4.78, 5) is 14.5. The molecule has 16 heavy (non-hydrogen) atoms. The van der Waals surface area contributed by atoms with Crippen LogP contribution in [0.2, 0.25) is 0 Å². The molecule has 0 saturated carbocycles. The minimum atomic E-state index is 0.230. The van der Waals surface area contributed by atoms with Crippen LogP contribution in [0.15, 0.2) is 12.2 Å². The number of carbonyl (C=O) groups is 1. The molecule has 1 heterocycles. The zero-order valence-corrected chi connectivity index (χ0v) is 10.3. The molecule has 2 rings (SSSR count). The lowest BCUT2D eigenvalue weighted by atomic mass is 9.91. The molecule has 3 atom stereocenters. The molecule has 90 valence electrons. The molecule has 3 unspecified atom stereocenters. The second-order valence-electron chi connectivity index (χ2n) is 5.08. The van der Waals surface area contributed by atoms with Crippen LogP contribution in [0.4, 0.5) is 0 Å². The van der Waals surface area contributed by atoms with E-state index in [-0.39, 0.29) is 5.92 Å². The van der Waals surface area contributed by atoms with Crippen molar-refractivity contribution >= 4 is 5.91 Å². The van der Waals surface area contributed by atoms with Crippen molar-refractivity contribution in [1.29, 1.82) is 0 Å². The zero-order valence-electron chi connectivity index (χ0n) is 10.3. The van der Waals surface area contributed by atoms with E-state index >= 15 is 0 Å². The van der Waals surface area contributed by atoms with Crippen LogP contribution in [0, 0.1) is 5.92 Å². The average Bonchev–Trinajstić information content (AvgIpc) is 2.30. The third kappa shape index (κ3) is 2.29.